The van der Waals surface area contributed by atoms with Crippen molar-refractivity contribution in [1.82, 2.24) is 15.4 Å². The van der Waals surface area contributed by atoms with Crippen molar-refractivity contribution in [1.29, 1.82) is 0 Å². The molecule has 0 amide bonds. The van der Waals surface area contributed by atoms with Crippen molar-refractivity contribution in [2.24, 2.45) is 0 Å². The molecule has 1 heterocycles. The van der Waals surface area contributed by atoms with Crippen LogP contribution in [0.4, 0.5) is 5.69 Å². The molecule has 1 rings (SSSR count). The average molecular weight is 138 g/mol. The van der Waals surface area contributed by atoms with Gasteiger partial charge in [0.25, 0.3) is 0 Å². The summed E-state index contributed by atoms with van der Waals surface area (Å²) in [6, 6.07) is 0. The standard InChI is InChI=1S/C6H10N4/c1-2-3-6-5(7)4-8-10-9-6/h4H,2-3H2,1H3,(H2,7,10). The smallest absolute Gasteiger partial charge is 0.0893 e. The van der Waals surface area contributed by atoms with Crippen LogP contribution >= 0.6 is 0 Å². The fourth-order valence-electron chi connectivity index (χ4n) is 0.731. The van der Waals surface area contributed by atoms with Crippen LogP contribution in [0.1, 0.15) is 19.0 Å². The van der Waals surface area contributed by atoms with Gasteiger partial charge in [0.1, 0.15) is 0 Å². The highest BCUT2D eigenvalue weighted by molar-refractivity contribution is 5.38. The van der Waals surface area contributed by atoms with Crippen LogP contribution in [0.3, 0.4) is 0 Å². The van der Waals surface area contributed by atoms with E-state index in [1.54, 1.807) is 0 Å². The Morgan fingerprint density at radius 3 is 3.00 bits per heavy atom. The van der Waals surface area contributed by atoms with Gasteiger partial charge in [-0.2, -0.15) is 0 Å². The number of hydrogen-bond donors (Lipinski definition) is 1. The lowest BCUT2D eigenvalue weighted by Crippen LogP contribution is -2.00. The molecule has 0 saturated carbocycles. The number of aromatic nitrogens is 3. The van der Waals surface area contributed by atoms with Gasteiger partial charge in [-0.1, -0.05) is 13.3 Å². The van der Waals surface area contributed by atoms with Gasteiger partial charge in [-0.3, -0.25) is 0 Å². The molecule has 1 aromatic heterocycles. The third-order valence-electron chi connectivity index (χ3n) is 1.23. The van der Waals surface area contributed by atoms with E-state index in [0.29, 0.717) is 5.69 Å². The Morgan fingerprint density at radius 2 is 2.40 bits per heavy atom. The van der Waals surface area contributed by atoms with Crippen LogP contribution in [0.15, 0.2) is 6.20 Å². The lowest BCUT2D eigenvalue weighted by molar-refractivity contribution is 0.784. The number of hydrogen-bond acceptors (Lipinski definition) is 4. The lowest BCUT2D eigenvalue weighted by atomic mass is 10.2. The number of aryl methyl sites for hydroxylation is 1. The quantitative estimate of drug-likeness (QED) is 0.642. The van der Waals surface area contributed by atoms with Gasteiger partial charge in [0.2, 0.25) is 0 Å². The molecule has 0 atom stereocenters. The largest absolute Gasteiger partial charge is 0.396 e. The Labute approximate surface area is 59.5 Å². The monoisotopic (exact) mass is 138 g/mol. The highest BCUT2D eigenvalue weighted by Gasteiger charge is 1.97. The van der Waals surface area contributed by atoms with Gasteiger partial charge in [0.05, 0.1) is 17.6 Å². The van der Waals surface area contributed by atoms with Crippen LogP contribution in [-0.4, -0.2) is 15.4 Å². The zero-order chi connectivity index (χ0) is 7.40. The highest BCUT2D eigenvalue weighted by atomic mass is 15.3. The molecule has 0 radical (unpaired) electrons. The molecule has 0 bridgehead atoms. The molecule has 4 nitrogen and oxygen atoms in total. The van der Waals surface area contributed by atoms with Gasteiger partial charge >= 0.3 is 0 Å². The van der Waals surface area contributed by atoms with Crippen LogP contribution in [0, 0.1) is 0 Å². The van der Waals surface area contributed by atoms with Crippen molar-refractivity contribution in [3.63, 3.8) is 0 Å². The minimum absolute atomic E-state index is 0.636. The minimum atomic E-state index is 0.636. The highest BCUT2D eigenvalue weighted by Crippen LogP contribution is 2.05. The molecule has 0 saturated heterocycles. The number of rotatable bonds is 2. The van der Waals surface area contributed by atoms with Crippen LogP contribution in [0.2, 0.25) is 0 Å². The van der Waals surface area contributed by atoms with Crippen LogP contribution in [0.5, 0.6) is 0 Å². The van der Waals surface area contributed by atoms with Gasteiger partial charge in [0, 0.05) is 0 Å². The van der Waals surface area contributed by atoms with E-state index in [1.807, 2.05) is 0 Å². The van der Waals surface area contributed by atoms with E-state index in [-0.39, 0.29) is 0 Å². The Bertz CT molecular complexity index is 211. The fraction of sp³-hybridized carbons (Fsp3) is 0.500. The van der Waals surface area contributed by atoms with Gasteiger partial charge < -0.3 is 5.73 Å². The van der Waals surface area contributed by atoms with E-state index in [2.05, 4.69) is 22.3 Å². The molecule has 0 unspecified atom stereocenters. The summed E-state index contributed by atoms with van der Waals surface area (Å²) < 4.78 is 0. The van der Waals surface area contributed by atoms with Crippen LogP contribution in [0.25, 0.3) is 0 Å². The van der Waals surface area contributed by atoms with E-state index in [0.717, 1.165) is 18.5 Å². The summed E-state index contributed by atoms with van der Waals surface area (Å²) in [5.41, 5.74) is 7.02. The molecule has 0 spiro atoms. The summed E-state index contributed by atoms with van der Waals surface area (Å²) in [6.07, 6.45) is 3.43. The van der Waals surface area contributed by atoms with Crippen molar-refractivity contribution >= 4 is 5.69 Å². The molecule has 2 N–H and O–H groups in total. The first-order valence-electron chi connectivity index (χ1n) is 3.27. The summed E-state index contributed by atoms with van der Waals surface area (Å²) in [5, 5.41) is 10.8. The zero-order valence-electron chi connectivity index (χ0n) is 5.91. The maximum atomic E-state index is 5.54. The molecule has 0 aromatic carbocycles. The molecule has 0 fully saturated rings. The molecular weight excluding hydrogens is 128 g/mol. The predicted molar refractivity (Wildman–Crippen MR) is 38.2 cm³/mol. The molecule has 4 heteroatoms. The molecule has 1 aromatic rings. The molecule has 54 valence electrons. The van der Waals surface area contributed by atoms with Crippen molar-refractivity contribution in [3.8, 4) is 0 Å². The van der Waals surface area contributed by atoms with E-state index in [1.165, 1.54) is 6.20 Å². The molecular formula is C6H10N4. The summed E-state index contributed by atoms with van der Waals surface area (Å²) in [4.78, 5) is 0. The van der Waals surface area contributed by atoms with E-state index in [4.69, 9.17) is 5.73 Å². The maximum absolute atomic E-state index is 5.54. The number of nitrogens with zero attached hydrogens (tertiary/aromatic N) is 3. The van der Waals surface area contributed by atoms with Gasteiger partial charge in [-0.15, -0.1) is 10.2 Å². The van der Waals surface area contributed by atoms with E-state index >= 15 is 0 Å². The number of anilines is 1. The summed E-state index contributed by atoms with van der Waals surface area (Å²) in [7, 11) is 0. The average Bonchev–Trinajstić information content (AvgIpc) is 1.94. The summed E-state index contributed by atoms with van der Waals surface area (Å²) in [5.74, 6) is 0. The van der Waals surface area contributed by atoms with Gasteiger partial charge in [-0.05, 0) is 11.6 Å². The second-order valence-electron chi connectivity index (χ2n) is 2.09. The first-order chi connectivity index (χ1) is 4.84. The SMILES string of the molecule is CCCc1nnncc1N. The summed E-state index contributed by atoms with van der Waals surface area (Å²) >= 11 is 0. The van der Waals surface area contributed by atoms with Crippen molar-refractivity contribution in [3.05, 3.63) is 11.9 Å². The van der Waals surface area contributed by atoms with Crippen LogP contribution < -0.4 is 5.73 Å². The Morgan fingerprint density at radius 1 is 1.60 bits per heavy atom. The Kier molecular flexibility index (Phi) is 2.15. The minimum Gasteiger partial charge on any atom is -0.396 e. The first-order valence-corrected chi connectivity index (χ1v) is 3.27. The van der Waals surface area contributed by atoms with Crippen molar-refractivity contribution < 1.29 is 0 Å². The van der Waals surface area contributed by atoms with E-state index < -0.39 is 0 Å². The molecule has 0 aliphatic rings. The Hall–Kier alpha value is -1.19. The normalized spacial score (nSPS) is 9.70. The van der Waals surface area contributed by atoms with Crippen molar-refractivity contribution in [2.75, 3.05) is 5.73 Å². The molecule has 0 aliphatic heterocycles. The third kappa shape index (κ3) is 1.40. The van der Waals surface area contributed by atoms with E-state index in [9.17, 15) is 0 Å². The predicted octanol–water partition coefficient (Wildman–Crippen LogP) is 0.406. The first kappa shape index (κ1) is 6.92. The van der Waals surface area contributed by atoms with Crippen LogP contribution in [-0.2, 0) is 6.42 Å². The van der Waals surface area contributed by atoms with Gasteiger partial charge in [0.15, 0.2) is 0 Å². The molecule has 0 aliphatic carbocycles. The number of nitrogens with two attached hydrogens (primary N) is 1. The Balaban J connectivity index is 2.81. The lowest BCUT2D eigenvalue weighted by Gasteiger charge is -1.97. The number of nitrogen functional groups attached to an aromatic ring is 1. The summed E-state index contributed by atoms with van der Waals surface area (Å²) in [6.45, 7) is 2.07. The second kappa shape index (κ2) is 3.10. The second-order valence-corrected chi connectivity index (χ2v) is 2.09. The topological polar surface area (TPSA) is 64.7 Å². The molecule has 10 heavy (non-hydrogen) atoms. The maximum Gasteiger partial charge on any atom is 0.0893 e. The fourth-order valence-corrected chi connectivity index (χ4v) is 0.731. The van der Waals surface area contributed by atoms with Gasteiger partial charge in [-0.25, -0.2) is 0 Å². The van der Waals surface area contributed by atoms with Crippen molar-refractivity contribution in [2.45, 2.75) is 19.8 Å². The third-order valence-corrected chi connectivity index (χ3v) is 1.23. The zero-order valence-corrected chi connectivity index (χ0v) is 5.91.